The van der Waals surface area contributed by atoms with E-state index in [2.05, 4.69) is 0 Å². The van der Waals surface area contributed by atoms with Gasteiger partial charge in [-0.1, -0.05) is 13.8 Å². The second kappa shape index (κ2) is 8.92. The molecule has 0 bridgehead atoms. The largest absolute Gasteiger partial charge is 0.391 e. The normalized spacial score (nSPS) is 22.9. The van der Waals surface area contributed by atoms with Crippen LogP contribution in [0.1, 0.15) is 40.5 Å². The third-order valence-electron chi connectivity index (χ3n) is 3.22. The molecule has 0 aromatic heterocycles. The highest BCUT2D eigenvalue weighted by Crippen LogP contribution is 2.26. The molecule has 21 heavy (non-hydrogen) atoms. The number of aliphatic hydroxyl groups excluding tert-OH is 1. The van der Waals surface area contributed by atoms with Crippen molar-refractivity contribution in [3.63, 3.8) is 0 Å². The van der Waals surface area contributed by atoms with Crippen LogP contribution in [0, 0.1) is 0 Å². The van der Waals surface area contributed by atoms with Gasteiger partial charge in [0.2, 0.25) is 11.8 Å². The van der Waals surface area contributed by atoms with Crippen molar-refractivity contribution in [2.75, 3.05) is 26.2 Å². The van der Waals surface area contributed by atoms with Gasteiger partial charge in [0.25, 0.3) is 5.92 Å². The van der Waals surface area contributed by atoms with E-state index in [1.54, 1.807) is 4.90 Å². The van der Waals surface area contributed by atoms with Crippen LogP contribution in [0.2, 0.25) is 0 Å². The molecule has 1 atom stereocenters. The van der Waals surface area contributed by atoms with E-state index in [0.29, 0.717) is 6.54 Å². The number of alkyl halides is 2. The third kappa shape index (κ3) is 7.36. The summed E-state index contributed by atoms with van der Waals surface area (Å²) >= 11 is 0. The van der Waals surface area contributed by atoms with E-state index < -0.39 is 12.5 Å². The Balaban J connectivity index is 0.000000342. The van der Waals surface area contributed by atoms with Gasteiger partial charge in [-0.2, -0.15) is 0 Å². The summed E-state index contributed by atoms with van der Waals surface area (Å²) < 4.78 is 24.7. The van der Waals surface area contributed by atoms with E-state index in [4.69, 9.17) is 5.11 Å². The Morgan fingerprint density at radius 1 is 1.10 bits per heavy atom. The second-order valence-electron chi connectivity index (χ2n) is 4.95. The van der Waals surface area contributed by atoms with Gasteiger partial charge in [0, 0.05) is 39.9 Å². The van der Waals surface area contributed by atoms with E-state index in [1.165, 1.54) is 18.7 Å². The lowest BCUT2D eigenvalue weighted by Gasteiger charge is -2.12. The Labute approximate surface area is 124 Å². The molecule has 7 heteroatoms. The molecule has 124 valence electrons. The summed E-state index contributed by atoms with van der Waals surface area (Å²) in [5.74, 6) is -2.85. The zero-order chi connectivity index (χ0) is 16.6. The fourth-order valence-electron chi connectivity index (χ4n) is 2.03. The minimum atomic E-state index is -2.65. The molecule has 2 aliphatic rings. The van der Waals surface area contributed by atoms with Crippen LogP contribution in [-0.2, 0) is 9.59 Å². The average Bonchev–Trinajstić information content (AvgIpc) is 2.98. The molecule has 5 nitrogen and oxygen atoms in total. The summed E-state index contributed by atoms with van der Waals surface area (Å²) in [5, 5.41) is 8.95. The number of carbonyl (C=O) groups excluding carboxylic acids is 2. The molecule has 0 saturated carbocycles. The molecule has 1 unspecified atom stereocenters. The third-order valence-corrected chi connectivity index (χ3v) is 3.22. The molecule has 2 saturated heterocycles. The van der Waals surface area contributed by atoms with Crippen LogP contribution in [0.25, 0.3) is 0 Å². The van der Waals surface area contributed by atoms with Crippen molar-refractivity contribution in [3.8, 4) is 0 Å². The van der Waals surface area contributed by atoms with Crippen LogP contribution in [0.5, 0.6) is 0 Å². The molecule has 2 aliphatic heterocycles. The Kier molecular flexibility index (Phi) is 8.39. The Morgan fingerprint density at radius 3 is 1.81 bits per heavy atom. The van der Waals surface area contributed by atoms with Crippen molar-refractivity contribution < 1.29 is 23.5 Å². The van der Waals surface area contributed by atoms with Gasteiger partial charge in [0.15, 0.2) is 0 Å². The van der Waals surface area contributed by atoms with E-state index in [1.807, 2.05) is 13.8 Å². The maximum atomic E-state index is 12.4. The predicted molar refractivity (Wildman–Crippen MR) is 76.0 cm³/mol. The lowest BCUT2D eigenvalue weighted by atomic mass is 10.3. The number of rotatable bonds is 0. The number of β-amino-alcohol motifs (C(OH)–C–C–N with tert-alkyl or cyclic N) is 1. The van der Waals surface area contributed by atoms with E-state index in [0.717, 1.165) is 13.0 Å². The summed E-state index contributed by atoms with van der Waals surface area (Å²) in [7, 11) is 0. The van der Waals surface area contributed by atoms with Crippen molar-refractivity contribution in [1.29, 1.82) is 0 Å². The topological polar surface area (TPSA) is 60.9 Å². The van der Waals surface area contributed by atoms with Crippen LogP contribution in [0.4, 0.5) is 8.78 Å². The van der Waals surface area contributed by atoms with Gasteiger partial charge in [-0.3, -0.25) is 9.59 Å². The first-order chi connectivity index (χ1) is 9.71. The summed E-state index contributed by atoms with van der Waals surface area (Å²) in [6, 6.07) is 0. The molecule has 0 aromatic rings. The van der Waals surface area contributed by atoms with E-state index in [-0.39, 0.29) is 30.9 Å². The molecule has 0 aromatic carbocycles. The molecule has 0 radical (unpaired) electrons. The SMILES string of the molecule is CC.CC(=O)N1CCC(F)(F)C1.CC(=O)N1CCC(O)C1. The van der Waals surface area contributed by atoms with Gasteiger partial charge in [-0.15, -0.1) is 0 Å². The van der Waals surface area contributed by atoms with Crippen molar-refractivity contribution >= 4 is 11.8 Å². The number of likely N-dealkylation sites (tertiary alicyclic amines) is 2. The maximum Gasteiger partial charge on any atom is 0.267 e. The molecule has 0 spiro atoms. The van der Waals surface area contributed by atoms with Crippen molar-refractivity contribution in [2.24, 2.45) is 0 Å². The molecular formula is C14H26F2N2O3. The number of halogens is 2. The highest BCUT2D eigenvalue weighted by atomic mass is 19.3. The average molecular weight is 308 g/mol. The first-order valence-corrected chi connectivity index (χ1v) is 7.28. The number of hydrogen-bond acceptors (Lipinski definition) is 3. The fraction of sp³-hybridized carbons (Fsp3) is 0.857. The van der Waals surface area contributed by atoms with Crippen LogP contribution in [-0.4, -0.2) is 64.9 Å². The van der Waals surface area contributed by atoms with E-state index >= 15 is 0 Å². The highest BCUT2D eigenvalue weighted by Gasteiger charge is 2.39. The van der Waals surface area contributed by atoms with Crippen LogP contribution < -0.4 is 0 Å². The standard InChI is InChI=1S/C6H9F2NO.C6H11NO2.C2H6/c1-5(10)9-3-2-6(7,8)4-9;1-5(8)7-3-2-6(9)4-7;1-2/h2-4H2,1H3;6,9H,2-4H2,1H3;1-2H3. The van der Waals surface area contributed by atoms with Crippen LogP contribution >= 0.6 is 0 Å². The minimum absolute atomic E-state index is 0.0616. The number of amides is 2. The van der Waals surface area contributed by atoms with Crippen molar-refractivity contribution in [1.82, 2.24) is 9.80 Å². The molecule has 2 rings (SSSR count). The highest BCUT2D eigenvalue weighted by molar-refractivity contribution is 5.73. The molecular weight excluding hydrogens is 282 g/mol. The number of hydrogen-bond donors (Lipinski definition) is 1. The molecule has 0 aliphatic carbocycles. The fourth-order valence-corrected chi connectivity index (χ4v) is 2.03. The molecule has 1 N–H and O–H groups in total. The molecule has 2 fully saturated rings. The Bertz CT molecular complexity index is 351. The maximum absolute atomic E-state index is 12.4. The van der Waals surface area contributed by atoms with Crippen LogP contribution in [0.15, 0.2) is 0 Å². The summed E-state index contributed by atoms with van der Waals surface area (Å²) in [5.41, 5.74) is 0. The number of nitrogens with zero attached hydrogens (tertiary/aromatic N) is 2. The first kappa shape index (κ1) is 19.8. The first-order valence-electron chi connectivity index (χ1n) is 7.28. The van der Waals surface area contributed by atoms with E-state index in [9.17, 15) is 18.4 Å². The Hall–Kier alpha value is -1.24. The zero-order valence-electron chi connectivity index (χ0n) is 13.2. The van der Waals surface area contributed by atoms with Crippen LogP contribution in [0.3, 0.4) is 0 Å². The van der Waals surface area contributed by atoms with Gasteiger partial charge in [-0.05, 0) is 6.42 Å². The van der Waals surface area contributed by atoms with Crippen molar-refractivity contribution in [2.45, 2.75) is 52.6 Å². The van der Waals surface area contributed by atoms with Gasteiger partial charge < -0.3 is 14.9 Å². The summed E-state index contributed by atoms with van der Waals surface area (Å²) in [6.45, 7) is 7.87. The van der Waals surface area contributed by atoms with Gasteiger partial charge >= 0.3 is 0 Å². The summed E-state index contributed by atoms with van der Waals surface area (Å²) in [6.07, 6.45) is 0.264. The number of aliphatic hydroxyl groups is 1. The smallest absolute Gasteiger partial charge is 0.267 e. The van der Waals surface area contributed by atoms with Gasteiger partial charge in [0.1, 0.15) is 0 Å². The lowest BCUT2D eigenvalue weighted by molar-refractivity contribution is -0.129. The summed E-state index contributed by atoms with van der Waals surface area (Å²) in [4.78, 5) is 24.0. The molecule has 2 amide bonds. The Morgan fingerprint density at radius 2 is 1.62 bits per heavy atom. The monoisotopic (exact) mass is 308 g/mol. The quantitative estimate of drug-likeness (QED) is 0.738. The predicted octanol–water partition coefficient (Wildman–Crippen LogP) is 1.50. The molecule has 2 heterocycles. The lowest BCUT2D eigenvalue weighted by Crippen LogP contribution is -2.29. The zero-order valence-corrected chi connectivity index (χ0v) is 13.2. The second-order valence-corrected chi connectivity index (χ2v) is 4.95. The van der Waals surface area contributed by atoms with Gasteiger partial charge in [-0.25, -0.2) is 8.78 Å². The van der Waals surface area contributed by atoms with Gasteiger partial charge in [0.05, 0.1) is 12.6 Å². The van der Waals surface area contributed by atoms with Crippen molar-refractivity contribution in [3.05, 3.63) is 0 Å². The minimum Gasteiger partial charge on any atom is -0.391 e. The number of carbonyl (C=O) groups is 2.